The van der Waals surface area contributed by atoms with E-state index in [1.54, 1.807) is 13.2 Å². The van der Waals surface area contributed by atoms with E-state index in [1.165, 1.54) is 0 Å². The standard InChI is InChI=1S/C11H16FNO2/c1-14-11-7-10(15-6-2-5-12)4-3-9(11)8-13/h3-4,7H,2,5-6,8,13H2,1H3. The van der Waals surface area contributed by atoms with Crippen molar-refractivity contribution in [1.82, 2.24) is 0 Å². The molecule has 0 atom stereocenters. The molecule has 0 amide bonds. The minimum Gasteiger partial charge on any atom is -0.496 e. The monoisotopic (exact) mass is 213 g/mol. The maximum absolute atomic E-state index is 11.8. The lowest BCUT2D eigenvalue weighted by atomic mass is 10.2. The third-order valence-electron chi connectivity index (χ3n) is 2.03. The van der Waals surface area contributed by atoms with Crippen LogP contribution in [-0.4, -0.2) is 20.4 Å². The molecule has 0 aliphatic carbocycles. The number of methoxy groups -OCH3 is 1. The van der Waals surface area contributed by atoms with E-state index in [4.69, 9.17) is 15.2 Å². The zero-order valence-electron chi connectivity index (χ0n) is 8.83. The molecule has 0 saturated heterocycles. The molecule has 0 bridgehead atoms. The molecule has 4 heteroatoms. The van der Waals surface area contributed by atoms with Gasteiger partial charge >= 0.3 is 0 Å². The van der Waals surface area contributed by atoms with Gasteiger partial charge in [0.2, 0.25) is 0 Å². The molecule has 0 aromatic heterocycles. The summed E-state index contributed by atoms with van der Waals surface area (Å²) in [4.78, 5) is 0. The van der Waals surface area contributed by atoms with Gasteiger partial charge in [-0.25, -0.2) is 0 Å². The predicted octanol–water partition coefficient (Wildman–Crippen LogP) is 1.89. The quantitative estimate of drug-likeness (QED) is 0.734. The summed E-state index contributed by atoms with van der Waals surface area (Å²) in [6.07, 6.45) is 0.404. The first-order valence-corrected chi connectivity index (χ1v) is 4.87. The van der Waals surface area contributed by atoms with Gasteiger partial charge in [0, 0.05) is 24.6 Å². The third-order valence-corrected chi connectivity index (χ3v) is 2.03. The Kier molecular flexibility index (Phi) is 4.90. The molecule has 2 N–H and O–H groups in total. The Hall–Kier alpha value is -1.29. The van der Waals surface area contributed by atoms with E-state index in [9.17, 15) is 4.39 Å². The first-order chi connectivity index (χ1) is 7.31. The Balaban J connectivity index is 2.66. The Morgan fingerprint density at radius 3 is 2.80 bits per heavy atom. The Morgan fingerprint density at radius 1 is 1.40 bits per heavy atom. The Bertz CT molecular complexity index is 305. The van der Waals surface area contributed by atoms with Gasteiger partial charge in [-0.1, -0.05) is 6.07 Å². The lowest BCUT2D eigenvalue weighted by Crippen LogP contribution is -2.02. The van der Waals surface area contributed by atoms with Gasteiger partial charge < -0.3 is 15.2 Å². The van der Waals surface area contributed by atoms with Crippen LogP contribution in [0.15, 0.2) is 18.2 Å². The molecule has 0 saturated carbocycles. The Labute approximate surface area is 89.0 Å². The summed E-state index contributed by atoms with van der Waals surface area (Å²) in [5.41, 5.74) is 6.45. The highest BCUT2D eigenvalue weighted by atomic mass is 19.1. The molecular formula is C11H16FNO2. The summed E-state index contributed by atoms with van der Waals surface area (Å²) in [5.74, 6) is 1.38. The van der Waals surface area contributed by atoms with Crippen molar-refractivity contribution in [3.05, 3.63) is 23.8 Å². The summed E-state index contributed by atoms with van der Waals surface area (Å²) in [6, 6.07) is 5.42. The van der Waals surface area contributed by atoms with E-state index >= 15 is 0 Å². The first-order valence-electron chi connectivity index (χ1n) is 4.87. The molecular weight excluding hydrogens is 197 g/mol. The molecule has 0 spiro atoms. The third kappa shape index (κ3) is 3.40. The van der Waals surface area contributed by atoms with Crippen LogP contribution < -0.4 is 15.2 Å². The Morgan fingerprint density at radius 2 is 2.20 bits per heavy atom. The van der Waals surface area contributed by atoms with E-state index in [-0.39, 0.29) is 6.67 Å². The summed E-state index contributed by atoms with van der Waals surface area (Å²) < 4.78 is 22.3. The van der Waals surface area contributed by atoms with Crippen LogP contribution in [0.2, 0.25) is 0 Å². The van der Waals surface area contributed by atoms with Crippen molar-refractivity contribution < 1.29 is 13.9 Å². The average molecular weight is 213 g/mol. The van der Waals surface area contributed by atoms with Crippen LogP contribution in [0.4, 0.5) is 4.39 Å². The molecule has 0 unspecified atom stereocenters. The van der Waals surface area contributed by atoms with Crippen LogP contribution in [0.3, 0.4) is 0 Å². The van der Waals surface area contributed by atoms with Gasteiger partial charge in [0.25, 0.3) is 0 Å². The number of halogens is 1. The maximum Gasteiger partial charge on any atom is 0.127 e. The van der Waals surface area contributed by atoms with Crippen LogP contribution in [-0.2, 0) is 6.54 Å². The van der Waals surface area contributed by atoms with Crippen molar-refractivity contribution in [1.29, 1.82) is 0 Å². The number of rotatable bonds is 6. The second-order valence-corrected chi connectivity index (χ2v) is 3.07. The van der Waals surface area contributed by atoms with Crippen molar-refractivity contribution in [2.24, 2.45) is 5.73 Å². The summed E-state index contributed by atoms with van der Waals surface area (Å²) in [5, 5.41) is 0. The van der Waals surface area contributed by atoms with Gasteiger partial charge in [-0.05, 0) is 6.07 Å². The van der Waals surface area contributed by atoms with Crippen molar-refractivity contribution in [2.45, 2.75) is 13.0 Å². The SMILES string of the molecule is COc1cc(OCCCF)ccc1CN. The largest absolute Gasteiger partial charge is 0.496 e. The smallest absolute Gasteiger partial charge is 0.127 e. The van der Waals surface area contributed by atoms with Crippen molar-refractivity contribution >= 4 is 0 Å². The highest BCUT2D eigenvalue weighted by Crippen LogP contribution is 2.24. The van der Waals surface area contributed by atoms with E-state index in [0.717, 1.165) is 5.56 Å². The summed E-state index contributed by atoms with van der Waals surface area (Å²) in [7, 11) is 1.58. The van der Waals surface area contributed by atoms with Crippen LogP contribution >= 0.6 is 0 Å². The normalized spacial score (nSPS) is 10.1. The zero-order valence-corrected chi connectivity index (χ0v) is 8.83. The lowest BCUT2D eigenvalue weighted by molar-refractivity contribution is 0.288. The van der Waals surface area contributed by atoms with Crippen molar-refractivity contribution in [3.8, 4) is 11.5 Å². The molecule has 84 valence electrons. The number of nitrogens with two attached hydrogens (primary N) is 1. The van der Waals surface area contributed by atoms with Crippen molar-refractivity contribution in [2.75, 3.05) is 20.4 Å². The van der Waals surface area contributed by atoms with Crippen molar-refractivity contribution in [3.63, 3.8) is 0 Å². The minimum absolute atomic E-state index is 0.363. The van der Waals surface area contributed by atoms with Crippen LogP contribution in [0.1, 0.15) is 12.0 Å². The van der Waals surface area contributed by atoms with Gasteiger partial charge in [-0.2, -0.15) is 0 Å². The van der Waals surface area contributed by atoms with Crippen LogP contribution in [0, 0.1) is 0 Å². The molecule has 15 heavy (non-hydrogen) atoms. The maximum atomic E-state index is 11.8. The highest BCUT2D eigenvalue weighted by molar-refractivity contribution is 5.40. The first kappa shape index (κ1) is 11.8. The molecule has 1 aromatic carbocycles. The van der Waals surface area contributed by atoms with E-state index in [1.807, 2.05) is 12.1 Å². The molecule has 1 aromatic rings. The highest BCUT2D eigenvalue weighted by Gasteiger charge is 2.03. The van der Waals surface area contributed by atoms with E-state index < -0.39 is 0 Å². The number of alkyl halides is 1. The molecule has 0 aliphatic rings. The topological polar surface area (TPSA) is 44.5 Å². The van der Waals surface area contributed by atoms with Gasteiger partial charge in [0.05, 0.1) is 20.4 Å². The van der Waals surface area contributed by atoms with Crippen LogP contribution in [0.5, 0.6) is 11.5 Å². The summed E-state index contributed by atoms with van der Waals surface area (Å²) in [6.45, 7) is 0.438. The van der Waals surface area contributed by atoms with Gasteiger partial charge in [-0.3, -0.25) is 4.39 Å². The number of ether oxygens (including phenoxy) is 2. The number of hydrogen-bond acceptors (Lipinski definition) is 3. The molecule has 0 radical (unpaired) electrons. The fourth-order valence-corrected chi connectivity index (χ4v) is 1.23. The fraction of sp³-hybridized carbons (Fsp3) is 0.455. The predicted molar refractivity (Wildman–Crippen MR) is 57.0 cm³/mol. The van der Waals surface area contributed by atoms with E-state index in [0.29, 0.717) is 31.1 Å². The number of hydrogen-bond donors (Lipinski definition) is 1. The fourth-order valence-electron chi connectivity index (χ4n) is 1.23. The second-order valence-electron chi connectivity index (χ2n) is 3.07. The summed E-state index contributed by atoms with van der Waals surface area (Å²) >= 11 is 0. The zero-order chi connectivity index (χ0) is 11.1. The molecule has 0 fully saturated rings. The van der Waals surface area contributed by atoms with Gasteiger partial charge in [0.1, 0.15) is 11.5 Å². The van der Waals surface area contributed by atoms with Gasteiger partial charge in [0.15, 0.2) is 0 Å². The number of benzene rings is 1. The molecule has 3 nitrogen and oxygen atoms in total. The van der Waals surface area contributed by atoms with Gasteiger partial charge in [-0.15, -0.1) is 0 Å². The molecule has 0 aliphatic heterocycles. The van der Waals surface area contributed by atoms with Crippen LogP contribution in [0.25, 0.3) is 0 Å². The molecule has 1 rings (SSSR count). The average Bonchev–Trinajstić information content (AvgIpc) is 2.29. The molecule has 0 heterocycles. The minimum atomic E-state index is -0.363. The van der Waals surface area contributed by atoms with E-state index in [2.05, 4.69) is 0 Å². The lowest BCUT2D eigenvalue weighted by Gasteiger charge is -2.10. The second kappa shape index (κ2) is 6.24.